The highest BCUT2D eigenvalue weighted by molar-refractivity contribution is 7.89. The SMILES string of the molecule is COc1ccc(S(=O)(=O)NCC2(c3ccc(F)cc3)CCOCC2)cc1OC. The molecule has 1 fully saturated rings. The molecule has 0 spiro atoms. The fourth-order valence-electron chi connectivity index (χ4n) is 3.43. The van der Waals surface area contributed by atoms with Crippen LogP contribution in [0.25, 0.3) is 0 Å². The molecule has 1 saturated heterocycles. The number of hydrogen-bond donors (Lipinski definition) is 1. The van der Waals surface area contributed by atoms with Crippen molar-refractivity contribution in [1.82, 2.24) is 4.72 Å². The van der Waals surface area contributed by atoms with Crippen LogP contribution in [0.2, 0.25) is 0 Å². The molecule has 1 N–H and O–H groups in total. The topological polar surface area (TPSA) is 73.9 Å². The Hall–Kier alpha value is -2.16. The van der Waals surface area contributed by atoms with Gasteiger partial charge in [0.05, 0.1) is 19.1 Å². The zero-order valence-corrected chi connectivity index (χ0v) is 16.7. The molecule has 0 unspecified atom stereocenters. The van der Waals surface area contributed by atoms with Crippen molar-refractivity contribution >= 4 is 10.0 Å². The van der Waals surface area contributed by atoms with Crippen molar-refractivity contribution in [3.8, 4) is 11.5 Å². The highest BCUT2D eigenvalue weighted by Crippen LogP contribution is 2.35. The molecule has 0 aromatic heterocycles. The van der Waals surface area contributed by atoms with E-state index >= 15 is 0 Å². The monoisotopic (exact) mass is 409 g/mol. The summed E-state index contributed by atoms with van der Waals surface area (Å²) in [5.74, 6) is 0.468. The van der Waals surface area contributed by atoms with Crippen molar-refractivity contribution in [3.05, 3.63) is 53.8 Å². The van der Waals surface area contributed by atoms with Gasteiger partial charge >= 0.3 is 0 Å². The van der Waals surface area contributed by atoms with Crippen LogP contribution in [-0.4, -0.2) is 42.4 Å². The van der Waals surface area contributed by atoms with Gasteiger partial charge in [0.2, 0.25) is 10.0 Å². The molecule has 1 aliphatic heterocycles. The number of nitrogens with one attached hydrogen (secondary N) is 1. The van der Waals surface area contributed by atoms with Crippen LogP contribution < -0.4 is 14.2 Å². The predicted octanol–water partition coefficient (Wildman–Crippen LogP) is 2.87. The van der Waals surface area contributed by atoms with Gasteiger partial charge < -0.3 is 14.2 Å². The van der Waals surface area contributed by atoms with E-state index in [2.05, 4.69) is 4.72 Å². The van der Waals surface area contributed by atoms with E-state index in [1.54, 1.807) is 18.2 Å². The van der Waals surface area contributed by atoms with Crippen molar-refractivity contribution in [3.63, 3.8) is 0 Å². The van der Waals surface area contributed by atoms with E-state index < -0.39 is 15.4 Å². The van der Waals surface area contributed by atoms with Gasteiger partial charge in [-0.3, -0.25) is 0 Å². The largest absolute Gasteiger partial charge is 0.493 e. The minimum absolute atomic E-state index is 0.0893. The Labute approximate surface area is 164 Å². The molecule has 152 valence electrons. The predicted molar refractivity (Wildman–Crippen MR) is 103 cm³/mol. The Kier molecular flexibility index (Phi) is 6.22. The Balaban J connectivity index is 1.85. The van der Waals surface area contributed by atoms with E-state index in [0.29, 0.717) is 37.6 Å². The van der Waals surface area contributed by atoms with Gasteiger partial charge in [0.1, 0.15) is 5.82 Å². The Bertz CT molecular complexity index is 909. The minimum atomic E-state index is -3.77. The molecular formula is C20H24FNO5S. The van der Waals surface area contributed by atoms with Crippen LogP contribution in [0.15, 0.2) is 47.4 Å². The summed E-state index contributed by atoms with van der Waals surface area (Å²) in [5, 5.41) is 0. The average molecular weight is 409 g/mol. The van der Waals surface area contributed by atoms with Crippen LogP contribution in [0.5, 0.6) is 11.5 Å². The summed E-state index contributed by atoms with van der Waals surface area (Å²) >= 11 is 0. The van der Waals surface area contributed by atoms with Gasteiger partial charge in [-0.1, -0.05) is 12.1 Å². The third kappa shape index (κ3) is 4.29. The summed E-state index contributed by atoms with van der Waals surface area (Å²) < 4.78 is 57.6. The first-order valence-electron chi connectivity index (χ1n) is 8.96. The van der Waals surface area contributed by atoms with Gasteiger partial charge in [0.25, 0.3) is 0 Å². The van der Waals surface area contributed by atoms with Gasteiger partial charge in [-0.2, -0.15) is 0 Å². The van der Waals surface area contributed by atoms with E-state index in [4.69, 9.17) is 14.2 Å². The van der Waals surface area contributed by atoms with Gasteiger partial charge in [0, 0.05) is 31.2 Å². The first kappa shape index (κ1) is 20.6. The summed E-state index contributed by atoms with van der Waals surface area (Å²) in [6.45, 7) is 1.24. The smallest absolute Gasteiger partial charge is 0.240 e. The molecule has 0 amide bonds. The summed E-state index contributed by atoms with van der Waals surface area (Å²) in [5.41, 5.74) is 0.447. The highest BCUT2D eigenvalue weighted by atomic mass is 32.2. The normalized spacial score (nSPS) is 16.5. The number of benzene rings is 2. The van der Waals surface area contributed by atoms with Crippen LogP contribution in [0.3, 0.4) is 0 Å². The minimum Gasteiger partial charge on any atom is -0.493 e. The first-order valence-corrected chi connectivity index (χ1v) is 10.4. The van der Waals surface area contributed by atoms with Crippen molar-refractivity contribution in [2.24, 2.45) is 0 Å². The fourth-order valence-corrected chi connectivity index (χ4v) is 4.58. The second kappa shape index (κ2) is 8.46. The maximum Gasteiger partial charge on any atom is 0.240 e. The van der Waals surface area contributed by atoms with Crippen molar-refractivity contribution in [2.45, 2.75) is 23.2 Å². The van der Waals surface area contributed by atoms with Gasteiger partial charge in [0.15, 0.2) is 11.5 Å². The second-order valence-electron chi connectivity index (χ2n) is 6.74. The van der Waals surface area contributed by atoms with Crippen LogP contribution in [-0.2, 0) is 20.2 Å². The van der Waals surface area contributed by atoms with Gasteiger partial charge in [-0.25, -0.2) is 17.5 Å². The Morgan fingerprint density at radius 2 is 1.68 bits per heavy atom. The van der Waals surface area contributed by atoms with E-state index in [-0.39, 0.29) is 17.3 Å². The summed E-state index contributed by atoms with van der Waals surface area (Å²) in [6.07, 6.45) is 1.29. The number of methoxy groups -OCH3 is 2. The molecule has 28 heavy (non-hydrogen) atoms. The van der Waals surface area contributed by atoms with Gasteiger partial charge in [-0.05, 0) is 42.7 Å². The molecule has 2 aromatic carbocycles. The number of ether oxygens (including phenoxy) is 3. The molecule has 0 radical (unpaired) electrons. The number of halogens is 1. The first-order chi connectivity index (χ1) is 13.4. The third-order valence-electron chi connectivity index (χ3n) is 5.17. The maximum atomic E-state index is 13.4. The lowest BCUT2D eigenvalue weighted by molar-refractivity contribution is 0.0517. The molecule has 0 saturated carbocycles. The zero-order chi connectivity index (χ0) is 20.2. The second-order valence-corrected chi connectivity index (χ2v) is 8.51. The number of sulfonamides is 1. The zero-order valence-electron chi connectivity index (χ0n) is 15.9. The van der Waals surface area contributed by atoms with E-state index in [9.17, 15) is 12.8 Å². The van der Waals surface area contributed by atoms with E-state index in [0.717, 1.165) is 5.56 Å². The Morgan fingerprint density at radius 3 is 2.29 bits per heavy atom. The molecule has 3 rings (SSSR count). The van der Waals surface area contributed by atoms with Crippen LogP contribution in [0.4, 0.5) is 4.39 Å². The van der Waals surface area contributed by atoms with Crippen LogP contribution >= 0.6 is 0 Å². The van der Waals surface area contributed by atoms with Crippen molar-refractivity contribution in [1.29, 1.82) is 0 Å². The van der Waals surface area contributed by atoms with Gasteiger partial charge in [-0.15, -0.1) is 0 Å². The number of hydrogen-bond acceptors (Lipinski definition) is 5. The molecule has 2 aromatic rings. The van der Waals surface area contributed by atoms with Crippen LogP contribution in [0.1, 0.15) is 18.4 Å². The molecule has 8 heteroatoms. The summed E-state index contributed by atoms with van der Waals surface area (Å²) in [6, 6.07) is 10.7. The van der Waals surface area contributed by atoms with Crippen molar-refractivity contribution < 1.29 is 27.0 Å². The average Bonchev–Trinajstić information content (AvgIpc) is 2.73. The van der Waals surface area contributed by atoms with E-state index in [1.165, 1.54) is 38.5 Å². The van der Waals surface area contributed by atoms with E-state index in [1.807, 2.05) is 0 Å². The highest BCUT2D eigenvalue weighted by Gasteiger charge is 2.36. The quantitative estimate of drug-likeness (QED) is 0.761. The summed E-state index contributed by atoms with van der Waals surface area (Å²) in [7, 11) is -0.832. The summed E-state index contributed by atoms with van der Waals surface area (Å²) in [4.78, 5) is 0.0893. The van der Waals surface area contributed by atoms with Crippen molar-refractivity contribution in [2.75, 3.05) is 34.0 Å². The molecule has 6 nitrogen and oxygen atoms in total. The lowest BCUT2D eigenvalue weighted by Crippen LogP contribution is -2.44. The lowest BCUT2D eigenvalue weighted by atomic mass is 9.74. The molecule has 0 atom stereocenters. The molecule has 0 aliphatic carbocycles. The molecule has 1 heterocycles. The maximum absolute atomic E-state index is 13.4. The Morgan fingerprint density at radius 1 is 1.04 bits per heavy atom. The number of rotatable bonds is 7. The molecule has 0 bridgehead atoms. The lowest BCUT2D eigenvalue weighted by Gasteiger charge is -2.38. The molecule has 1 aliphatic rings. The molecular weight excluding hydrogens is 385 g/mol. The third-order valence-corrected chi connectivity index (χ3v) is 6.57. The standard InChI is InChI=1S/C20H24FNO5S/c1-25-18-8-7-17(13-19(18)26-2)28(23,24)22-14-20(9-11-27-12-10-20)15-3-5-16(21)6-4-15/h3-8,13,22H,9-12,14H2,1-2H3. The fraction of sp³-hybridized carbons (Fsp3) is 0.400. The van der Waals surface area contributed by atoms with Crippen LogP contribution in [0, 0.1) is 5.82 Å².